The summed E-state index contributed by atoms with van der Waals surface area (Å²) in [5.74, 6) is 0.312. The average Bonchev–Trinajstić information content (AvgIpc) is 3.15. The molecule has 0 amide bonds. The predicted molar refractivity (Wildman–Crippen MR) is 105 cm³/mol. The van der Waals surface area contributed by atoms with Gasteiger partial charge in [-0.2, -0.15) is 0 Å². The minimum absolute atomic E-state index is 0.0371. The van der Waals surface area contributed by atoms with Gasteiger partial charge in [-0.1, -0.05) is 17.7 Å². The molecule has 0 bridgehead atoms. The van der Waals surface area contributed by atoms with Gasteiger partial charge in [0.15, 0.2) is 13.5 Å². The van der Waals surface area contributed by atoms with Crippen molar-refractivity contribution >= 4 is 15.7 Å². The van der Waals surface area contributed by atoms with Crippen molar-refractivity contribution in [1.29, 1.82) is 0 Å². The van der Waals surface area contributed by atoms with E-state index in [1.165, 1.54) is 10.8 Å². The Balaban J connectivity index is 1.49. The minimum Gasteiger partial charge on any atom is -0.404 e. The van der Waals surface area contributed by atoms with Crippen LogP contribution in [0.3, 0.4) is 0 Å². The molecule has 4 atom stereocenters. The molecule has 2 aromatic rings. The number of hydrogen-bond acceptors (Lipinski definition) is 8. The van der Waals surface area contributed by atoms with E-state index in [1.807, 2.05) is 13.0 Å². The molecular weight excluding hydrogens is 414 g/mol. The molecule has 1 saturated heterocycles. The van der Waals surface area contributed by atoms with Crippen molar-refractivity contribution < 1.29 is 28.0 Å². The molecule has 0 spiro atoms. The number of benzene rings is 1. The second kappa shape index (κ2) is 7.51. The fraction of sp³-hybridized carbons (Fsp3) is 0.444. The van der Waals surface area contributed by atoms with Crippen LogP contribution in [0.2, 0.25) is 0 Å². The summed E-state index contributed by atoms with van der Waals surface area (Å²) >= 11 is 0. The molecule has 1 fully saturated rings. The Morgan fingerprint density at radius 3 is 2.87 bits per heavy atom. The number of phosphoric acid groups is 1. The van der Waals surface area contributed by atoms with Gasteiger partial charge in [0.2, 0.25) is 0 Å². The zero-order valence-electron chi connectivity index (χ0n) is 16.4. The van der Waals surface area contributed by atoms with Crippen molar-refractivity contribution in [2.45, 2.75) is 51.3 Å². The van der Waals surface area contributed by atoms with Gasteiger partial charge in [-0.25, -0.2) is 9.36 Å². The van der Waals surface area contributed by atoms with Gasteiger partial charge in [0.1, 0.15) is 18.1 Å². The fourth-order valence-corrected chi connectivity index (χ4v) is 4.75. The number of rotatable bonds is 4. The molecule has 0 saturated carbocycles. The van der Waals surface area contributed by atoms with Crippen LogP contribution in [0, 0.1) is 13.8 Å². The number of ether oxygens (including phenoxy) is 1. The van der Waals surface area contributed by atoms with Crippen LogP contribution < -0.4 is 15.8 Å². The first kappa shape index (κ1) is 21.1. The molecule has 3 heterocycles. The van der Waals surface area contributed by atoms with Crippen molar-refractivity contribution in [3.63, 3.8) is 0 Å². The molecule has 1 aromatic heterocycles. The summed E-state index contributed by atoms with van der Waals surface area (Å²) in [5, 5.41) is 10.6. The summed E-state index contributed by atoms with van der Waals surface area (Å²) in [4.78, 5) is 25.8. The van der Waals surface area contributed by atoms with E-state index in [2.05, 4.69) is 4.98 Å². The summed E-state index contributed by atoms with van der Waals surface area (Å²) < 4.78 is 35.5. The van der Waals surface area contributed by atoms with E-state index in [-0.39, 0.29) is 13.0 Å². The first-order chi connectivity index (χ1) is 14.1. The van der Waals surface area contributed by atoms with Crippen LogP contribution in [-0.4, -0.2) is 34.3 Å². The quantitative estimate of drug-likeness (QED) is 0.420. The second-order valence-electron chi connectivity index (χ2n) is 7.40. The van der Waals surface area contributed by atoms with Gasteiger partial charge in [0.25, 0.3) is 5.56 Å². The Kier molecular flexibility index (Phi) is 5.28. The van der Waals surface area contributed by atoms with E-state index in [1.54, 1.807) is 19.1 Å². The summed E-state index contributed by atoms with van der Waals surface area (Å²) in [5.41, 5.74) is -1.67. The number of phosphoric ester groups is 1. The molecular formula is C18H20BN2O8P. The highest BCUT2D eigenvalue weighted by molar-refractivity contribution is 7.49. The van der Waals surface area contributed by atoms with Crippen LogP contribution in [0.15, 0.2) is 34.0 Å². The van der Waals surface area contributed by atoms with Gasteiger partial charge in [-0.15, -0.1) is 0 Å². The summed E-state index contributed by atoms with van der Waals surface area (Å²) in [6.45, 7) is 3.41. The number of aromatic nitrogens is 2. The van der Waals surface area contributed by atoms with Gasteiger partial charge in [0.05, 0.1) is 6.61 Å². The predicted octanol–water partition coefficient (Wildman–Crippen LogP) is 1.38. The lowest BCUT2D eigenvalue weighted by Crippen LogP contribution is -2.45. The Morgan fingerprint density at radius 1 is 1.33 bits per heavy atom. The van der Waals surface area contributed by atoms with Crippen LogP contribution in [0.5, 0.6) is 5.75 Å². The largest absolute Gasteiger partial charge is 0.532 e. The third-order valence-corrected chi connectivity index (χ3v) is 6.36. The normalized spacial score (nSPS) is 27.8. The number of H-pyrrole nitrogens is 1. The van der Waals surface area contributed by atoms with Crippen molar-refractivity contribution in [2.75, 3.05) is 0 Å². The minimum atomic E-state index is -4.22. The lowest BCUT2D eigenvalue weighted by Gasteiger charge is -2.34. The first-order valence-corrected chi connectivity index (χ1v) is 10.8. The highest BCUT2D eigenvalue weighted by Crippen LogP contribution is 2.57. The maximum absolute atomic E-state index is 12.9. The molecule has 2 radical (unpaired) electrons. The topological polar surface area (TPSA) is 129 Å². The zero-order valence-corrected chi connectivity index (χ0v) is 17.3. The molecule has 2 aliphatic rings. The van der Waals surface area contributed by atoms with Crippen molar-refractivity contribution in [1.82, 2.24) is 9.55 Å². The number of hydrogen-bond donors (Lipinski definition) is 2. The highest BCUT2D eigenvalue weighted by Gasteiger charge is 2.48. The monoisotopic (exact) mass is 434 g/mol. The standard InChI is InChI=1S/C18H20BN2O8P/c1-10-3-4-13-12(7-10)9-26-30(25,28-13)29-18(19,24)14-5-6-15(27-14)21-8-11(2)16(22)20-17(21)23/h3-4,7-8,14-15,24H,5-6,9H2,1-2H3,(H,20,22,23). The number of aliphatic hydroxyl groups is 1. The molecule has 158 valence electrons. The average molecular weight is 434 g/mol. The second-order valence-corrected chi connectivity index (χ2v) is 8.92. The lowest BCUT2D eigenvalue weighted by molar-refractivity contribution is -0.176. The number of aromatic amines is 1. The molecule has 4 unspecified atom stereocenters. The molecule has 0 aliphatic carbocycles. The number of fused-ring (bicyclic) bond motifs is 1. The number of nitrogens with one attached hydrogen (secondary N) is 1. The molecule has 2 aliphatic heterocycles. The van der Waals surface area contributed by atoms with Crippen LogP contribution in [0.25, 0.3) is 0 Å². The van der Waals surface area contributed by atoms with Crippen LogP contribution in [0.4, 0.5) is 0 Å². The molecule has 10 nitrogen and oxygen atoms in total. The molecule has 30 heavy (non-hydrogen) atoms. The molecule has 1 aromatic carbocycles. The van der Waals surface area contributed by atoms with Crippen molar-refractivity contribution in [3.8, 4) is 5.75 Å². The Labute approximate surface area is 172 Å². The van der Waals surface area contributed by atoms with E-state index in [9.17, 15) is 19.3 Å². The van der Waals surface area contributed by atoms with Crippen molar-refractivity contribution in [3.05, 3.63) is 61.9 Å². The van der Waals surface area contributed by atoms with Gasteiger partial charge >= 0.3 is 13.5 Å². The van der Waals surface area contributed by atoms with E-state index >= 15 is 0 Å². The lowest BCUT2D eigenvalue weighted by atomic mass is 9.88. The van der Waals surface area contributed by atoms with Crippen molar-refractivity contribution in [2.24, 2.45) is 0 Å². The third-order valence-electron chi connectivity index (χ3n) is 4.98. The van der Waals surface area contributed by atoms with E-state index in [4.69, 9.17) is 26.2 Å². The maximum Gasteiger partial charge on any atom is 0.532 e. The molecule has 2 N–H and O–H groups in total. The Bertz CT molecular complexity index is 1140. The fourth-order valence-electron chi connectivity index (χ4n) is 3.42. The number of aryl methyl sites for hydroxylation is 2. The SMILES string of the molecule is [B]C(O)(OP1(=O)OCc2cc(C)ccc2O1)C1CCC(n2cc(C)c(=O)[nH]c2=O)O1. The summed E-state index contributed by atoms with van der Waals surface area (Å²) in [6, 6.07) is 5.23. The molecule has 12 heteroatoms. The van der Waals surface area contributed by atoms with Crippen LogP contribution in [0.1, 0.15) is 35.8 Å². The maximum atomic E-state index is 12.9. The van der Waals surface area contributed by atoms with Gasteiger partial charge in [0, 0.05) is 17.3 Å². The van der Waals surface area contributed by atoms with Gasteiger partial charge in [-0.05, 0) is 32.8 Å². The first-order valence-electron chi connectivity index (χ1n) is 9.29. The number of nitrogens with zero attached hydrogens (tertiary/aromatic N) is 1. The van der Waals surface area contributed by atoms with Gasteiger partial charge in [-0.3, -0.25) is 23.4 Å². The molecule has 4 rings (SSSR count). The van der Waals surface area contributed by atoms with Crippen LogP contribution >= 0.6 is 7.82 Å². The smallest absolute Gasteiger partial charge is 0.404 e. The third kappa shape index (κ3) is 4.04. The van der Waals surface area contributed by atoms with Gasteiger partial charge < -0.3 is 14.4 Å². The zero-order chi connectivity index (χ0) is 21.7. The highest BCUT2D eigenvalue weighted by atomic mass is 31.2. The van der Waals surface area contributed by atoms with Crippen LogP contribution in [-0.2, 0) is 25.0 Å². The van der Waals surface area contributed by atoms with E-state index < -0.39 is 37.1 Å². The summed E-state index contributed by atoms with van der Waals surface area (Å²) in [6.07, 6.45) is -0.0713. The summed E-state index contributed by atoms with van der Waals surface area (Å²) in [7, 11) is 1.62. The van der Waals surface area contributed by atoms with E-state index in [0.717, 1.165) is 5.56 Å². The Morgan fingerprint density at radius 2 is 2.10 bits per heavy atom. The van der Waals surface area contributed by atoms with E-state index in [0.29, 0.717) is 23.3 Å². The Hall–Kier alpha value is -2.17.